The monoisotopic (exact) mass is 555 g/mol. The summed E-state index contributed by atoms with van der Waals surface area (Å²) in [6.45, 7) is 2.16. The van der Waals surface area contributed by atoms with Crippen LogP contribution in [0.5, 0.6) is 0 Å². The number of benzene rings is 3. The van der Waals surface area contributed by atoms with E-state index in [4.69, 9.17) is 0 Å². The number of nitriles is 1. The summed E-state index contributed by atoms with van der Waals surface area (Å²) in [6, 6.07) is 10.9. The highest BCUT2D eigenvalue weighted by Crippen LogP contribution is 2.53. The predicted octanol–water partition coefficient (Wildman–Crippen LogP) is 7.11. The Kier molecular flexibility index (Phi) is 7.73. The van der Waals surface area contributed by atoms with Crippen LogP contribution in [0, 0.1) is 31.0 Å². The largest absolute Gasteiger partial charge is 0.435 e. The summed E-state index contributed by atoms with van der Waals surface area (Å²) in [6.07, 6.45) is -12.6. The van der Waals surface area contributed by atoms with Gasteiger partial charge in [0.15, 0.2) is 0 Å². The predicted molar refractivity (Wildman–Crippen MR) is 124 cm³/mol. The summed E-state index contributed by atoms with van der Waals surface area (Å²) in [5.74, 6) is -2.68. The van der Waals surface area contributed by atoms with E-state index >= 15 is 0 Å². The van der Waals surface area contributed by atoms with E-state index in [0.29, 0.717) is 12.1 Å². The normalized spacial score (nSPS) is 12.0. The molecular formula is C26H17F8N3O2. The smallest absolute Gasteiger partial charge is 0.322 e. The fraction of sp³-hybridized carbons (Fsp3) is 0.192. The number of anilines is 2. The number of hydrogen-bond acceptors (Lipinski definition) is 3. The van der Waals surface area contributed by atoms with Crippen molar-refractivity contribution in [3.8, 4) is 6.07 Å². The molecule has 0 aromatic heterocycles. The molecule has 5 nitrogen and oxygen atoms in total. The molecule has 0 aliphatic rings. The molecule has 0 saturated heterocycles. The first kappa shape index (κ1) is 29.1. The number of carbonyl (C=O) groups is 2. The molecule has 0 aliphatic carbocycles. The van der Waals surface area contributed by atoms with Crippen LogP contribution in [-0.2, 0) is 5.67 Å². The molecule has 0 radical (unpaired) electrons. The van der Waals surface area contributed by atoms with Gasteiger partial charge >= 0.3 is 18.0 Å². The second-order valence-electron chi connectivity index (χ2n) is 8.40. The molecule has 2 amide bonds. The Balaban J connectivity index is 1.95. The Morgan fingerprint density at radius 1 is 0.795 bits per heavy atom. The third-order valence-electron chi connectivity index (χ3n) is 5.72. The first-order valence-corrected chi connectivity index (χ1v) is 10.9. The molecule has 0 fully saturated rings. The lowest BCUT2D eigenvalue weighted by Crippen LogP contribution is -2.50. The zero-order chi connectivity index (χ0) is 29.3. The van der Waals surface area contributed by atoms with Crippen molar-refractivity contribution < 1.29 is 44.7 Å². The topological polar surface area (TPSA) is 82.0 Å². The van der Waals surface area contributed by atoms with Crippen molar-refractivity contribution in [1.29, 1.82) is 5.26 Å². The van der Waals surface area contributed by atoms with Gasteiger partial charge in [-0.15, -0.1) is 0 Å². The van der Waals surface area contributed by atoms with Gasteiger partial charge in [0.2, 0.25) is 0 Å². The number of carbonyl (C=O) groups excluding carboxylic acids is 2. The van der Waals surface area contributed by atoms with Gasteiger partial charge in [-0.3, -0.25) is 9.59 Å². The number of halogens is 8. The molecular weight excluding hydrogens is 538 g/mol. The number of aryl methyl sites for hydroxylation is 2. The van der Waals surface area contributed by atoms with Crippen molar-refractivity contribution in [2.75, 3.05) is 10.6 Å². The molecule has 0 aliphatic heterocycles. The van der Waals surface area contributed by atoms with E-state index in [1.165, 1.54) is 30.3 Å². The number of nitrogens with one attached hydrogen (secondary N) is 2. The van der Waals surface area contributed by atoms with E-state index in [9.17, 15) is 50.0 Å². The standard InChI is InChI=1S/C26H17F8N3O2/c1-13-9-17(24(28,25(29,30)31)26(32,33)34)10-14(2)21(13)37-22(38)15-7-8-16(12-35)20(11-15)36-23(39)18-5-3-4-6-19(18)27/h3-11H,1-2H3,(H,36,39)(H,37,38). The Morgan fingerprint density at radius 3 is 1.87 bits per heavy atom. The Morgan fingerprint density at radius 2 is 1.36 bits per heavy atom. The molecule has 3 aromatic rings. The van der Waals surface area contributed by atoms with Crippen LogP contribution in [0.4, 0.5) is 46.5 Å². The van der Waals surface area contributed by atoms with Crippen LogP contribution in [0.2, 0.25) is 0 Å². The van der Waals surface area contributed by atoms with Crippen LogP contribution < -0.4 is 10.6 Å². The Hall–Kier alpha value is -4.47. The number of alkyl halides is 7. The second kappa shape index (κ2) is 10.4. The zero-order valence-corrected chi connectivity index (χ0v) is 20.0. The Bertz CT molecular complexity index is 1450. The van der Waals surface area contributed by atoms with Crippen molar-refractivity contribution in [2.24, 2.45) is 0 Å². The minimum atomic E-state index is -6.30. The van der Waals surface area contributed by atoms with Gasteiger partial charge < -0.3 is 10.6 Å². The quantitative estimate of drug-likeness (QED) is 0.330. The molecule has 0 heterocycles. The van der Waals surface area contributed by atoms with Crippen molar-refractivity contribution >= 4 is 23.2 Å². The minimum Gasteiger partial charge on any atom is -0.322 e. The SMILES string of the molecule is Cc1cc(C(F)(C(F)(F)F)C(F)(F)F)cc(C)c1NC(=O)c1ccc(C#N)c(NC(=O)c2ccccc2F)c1. The molecule has 3 rings (SSSR count). The lowest BCUT2D eigenvalue weighted by atomic mass is 9.90. The van der Waals surface area contributed by atoms with Crippen LogP contribution in [-0.4, -0.2) is 24.2 Å². The number of nitrogens with zero attached hydrogens (tertiary/aromatic N) is 1. The summed E-state index contributed by atoms with van der Waals surface area (Å²) in [5.41, 5.74) is -8.90. The van der Waals surface area contributed by atoms with Crippen LogP contribution >= 0.6 is 0 Å². The van der Waals surface area contributed by atoms with E-state index in [1.807, 2.05) is 0 Å². The molecule has 204 valence electrons. The molecule has 2 N–H and O–H groups in total. The fourth-order valence-corrected chi connectivity index (χ4v) is 3.75. The molecule has 0 saturated carbocycles. The highest BCUT2D eigenvalue weighted by atomic mass is 19.4. The van der Waals surface area contributed by atoms with E-state index in [-0.39, 0.29) is 39.2 Å². The van der Waals surface area contributed by atoms with Crippen LogP contribution in [0.1, 0.15) is 43.0 Å². The van der Waals surface area contributed by atoms with E-state index < -0.39 is 41.2 Å². The van der Waals surface area contributed by atoms with Crippen molar-refractivity contribution in [2.45, 2.75) is 31.9 Å². The fourth-order valence-electron chi connectivity index (χ4n) is 3.75. The first-order chi connectivity index (χ1) is 18.0. The van der Waals surface area contributed by atoms with Crippen LogP contribution in [0.15, 0.2) is 54.6 Å². The summed E-state index contributed by atoms with van der Waals surface area (Å²) in [7, 11) is 0. The molecule has 13 heteroatoms. The number of amides is 2. The van der Waals surface area contributed by atoms with Gasteiger partial charge in [-0.05, 0) is 55.3 Å². The average Bonchev–Trinajstić information content (AvgIpc) is 2.84. The summed E-state index contributed by atoms with van der Waals surface area (Å²) in [5, 5.41) is 14.0. The third-order valence-corrected chi connectivity index (χ3v) is 5.72. The van der Waals surface area contributed by atoms with Gasteiger partial charge in [-0.25, -0.2) is 8.78 Å². The summed E-state index contributed by atoms with van der Waals surface area (Å²) in [4.78, 5) is 25.3. The highest BCUT2D eigenvalue weighted by Gasteiger charge is 2.73. The Labute approximate surface area is 216 Å². The molecule has 0 unspecified atom stereocenters. The van der Waals surface area contributed by atoms with Gasteiger partial charge in [0.05, 0.1) is 16.8 Å². The molecule has 39 heavy (non-hydrogen) atoms. The van der Waals surface area contributed by atoms with Crippen LogP contribution in [0.3, 0.4) is 0 Å². The lowest BCUT2D eigenvalue weighted by Gasteiger charge is -2.31. The lowest BCUT2D eigenvalue weighted by molar-refractivity contribution is -0.348. The van der Waals surface area contributed by atoms with Gasteiger partial charge in [-0.1, -0.05) is 24.3 Å². The highest BCUT2D eigenvalue weighted by molar-refractivity contribution is 6.08. The van der Waals surface area contributed by atoms with Crippen LogP contribution in [0.25, 0.3) is 0 Å². The van der Waals surface area contributed by atoms with Crippen molar-refractivity contribution in [1.82, 2.24) is 0 Å². The summed E-state index contributed by atoms with van der Waals surface area (Å²) < 4.78 is 107. The third kappa shape index (κ3) is 5.55. The van der Waals surface area contributed by atoms with Gasteiger partial charge in [0.25, 0.3) is 11.8 Å². The van der Waals surface area contributed by atoms with Crippen molar-refractivity contribution in [3.63, 3.8) is 0 Å². The van der Waals surface area contributed by atoms with Gasteiger partial charge in [0, 0.05) is 16.8 Å². The maximum Gasteiger partial charge on any atom is 0.435 e. The van der Waals surface area contributed by atoms with E-state index in [2.05, 4.69) is 10.6 Å². The minimum absolute atomic E-state index is 0.0912. The maximum absolute atomic E-state index is 14.5. The number of rotatable bonds is 5. The molecule has 3 aromatic carbocycles. The maximum atomic E-state index is 14.5. The van der Waals surface area contributed by atoms with E-state index in [1.54, 1.807) is 6.07 Å². The molecule has 0 bridgehead atoms. The summed E-state index contributed by atoms with van der Waals surface area (Å²) >= 11 is 0. The first-order valence-electron chi connectivity index (χ1n) is 10.9. The average molecular weight is 555 g/mol. The van der Waals surface area contributed by atoms with Gasteiger partial charge in [0.1, 0.15) is 11.9 Å². The molecule has 0 atom stereocenters. The zero-order valence-electron chi connectivity index (χ0n) is 20.0. The van der Waals surface area contributed by atoms with E-state index in [0.717, 1.165) is 26.0 Å². The number of hydrogen-bond donors (Lipinski definition) is 2. The second-order valence-corrected chi connectivity index (χ2v) is 8.40. The molecule has 0 spiro atoms. The van der Waals surface area contributed by atoms with Gasteiger partial charge in [-0.2, -0.15) is 31.6 Å². The van der Waals surface area contributed by atoms with Crippen molar-refractivity contribution in [3.05, 3.63) is 93.8 Å².